The molecule has 0 atom stereocenters. The van der Waals surface area contributed by atoms with Crippen molar-refractivity contribution in [3.8, 4) is 5.75 Å². The van der Waals surface area contributed by atoms with E-state index in [4.69, 9.17) is 4.74 Å². The van der Waals surface area contributed by atoms with E-state index in [1.165, 1.54) is 19.2 Å². The van der Waals surface area contributed by atoms with Gasteiger partial charge in [-0.3, -0.25) is 0 Å². The number of rotatable bonds is 3. The van der Waals surface area contributed by atoms with Gasteiger partial charge in [-0.25, -0.2) is 9.18 Å². The van der Waals surface area contributed by atoms with Gasteiger partial charge in [0.1, 0.15) is 17.3 Å². The summed E-state index contributed by atoms with van der Waals surface area (Å²) in [7, 11) is 1.47. The number of hydrogen-bond donors (Lipinski definition) is 1. The quantitative estimate of drug-likeness (QED) is 0.925. The number of halogens is 1. The smallest absolute Gasteiger partial charge is 0.352 e. The first-order valence-corrected chi connectivity index (χ1v) is 6.23. The molecule has 0 aliphatic heterocycles. The molecule has 0 spiro atoms. The first-order chi connectivity index (χ1) is 9.11. The molecule has 19 heavy (non-hydrogen) atoms. The lowest BCUT2D eigenvalue weighted by molar-refractivity contribution is 0.0679. The summed E-state index contributed by atoms with van der Waals surface area (Å²) in [6.45, 7) is 0. The number of benzene rings is 1. The molecule has 1 fully saturated rings. The Bertz CT molecular complexity index is 658. The van der Waals surface area contributed by atoms with Crippen LogP contribution in [0.1, 0.15) is 35.8 Å². The minimum absolute atomic E-state index is 0.145. The highest BCUT2D eigenvalue weighted by Gasteiger charge is 2.27. The molecule has 1 saturated carbocycles. The Morgan fingerprint density at radius 2 is 2.16 bits per heavy atom. The fourth-order valence-corrected chi connectivity index (χ4v) is 2.58. The van der Waals surface area contributed by atoms with Crippen molar-refractivity contribution in [1.82, 2.24) is 4.57 Å². The Balaban J connectivity index is 2.30. The molecule has 3 rings (SSSR count). The van der Waals surface area contributed by atoms with E-state index >= 15 is 0 Å². The first kappa shape index (κ1) is 12.0. The summed E-state index contributed by atoms with van der Waals surface area (Å²) in [6.07, 6.45) is 2.95. The van der Waals surface area contributed by atoms with E-state index in [1.807, 2.05) is 0 Å². The van der Waals surface area contributed by atoms with Crippen molar-refractivity contribution in [2.75, 3.05) is 7.11 Å². The van der Waals surface area contributed by atoms with Gasteiger partial charge in [-0.2, -0.15) is 0 Å². The normalized spacial score (nSPS) is 15.5. The standard InChI is InChI=1S/C14H14FNO3/c1-19-9-5-11(15)10-7-13(14(17)18)16(12(10)6-9)8-3-2-4-8/h5-8H,2-4H2,1H3,(H,17,18). The number of hydrogen-bond acceptors (Lipinski definition) is 2. The van der Waals surface area contributed by atoms with Crippen molar-refractivity contribution < 1.29 is 19.0 Å². The van der Waals surface area contributed by atoms with Crippen molar-refractivity contribution in [2.24, 2.45) is 0 Å². The number of carbonyl (C=O) groups is 1. The molecule has 1 N–H and O–H groups in total. The lowest BCUT2D eigenvalue weighted by atomic mass is 9.92. The van der Waals surface area contributed by atoms with E-state index in [9.17, 15) is 14.3 Å². The van der Waals surface area contributed by atoms with Gasteiger partial charge in [0.25, 0.3) is 0 Å². The molecule has 0 bridgehead atoms. The van der Waals surface area contributed by atoms with Gasteiger partial charge in [-0.1, -0.05) is 0 Å². The molecule has 1 aromatic carbocycles. The number of aromatic carboxylic acids is 1. The zero-order valence-electron chi connectivity index (χ0n) is 10.5. The minimum atomic E-state index is -1.03. The average Bonchev–Trinajstić information content (AvgIpc) is 2.67. The van der Waals surface area contributed by atoms with Crippen molar-refractivity contribution in [1.29, 1.82) is 0 Å². The number of carboxylic acid groups (broad SMARTS) is 1. The van der Waals surface area contributed by atoms with E-state index in [-0.39, 0.29) is 11.7 Å². The summed E-state index contributed by atoms with van der Waals surface area (Å²) >= 11 is 0. The minimum Gasteiger partial charge on any atom is -0.497 e. The maximum absolute atomic E-state index is 14.0. The first-order valence-electron chi connectivity index (χ1n) is 6.23. The third-order valence-corrected chi connectivity index (χ3v) is 3.78. The van der Waals surface area contributed by atoms with Crippen LogP contribution in [0.25, 0.3) is 10.9 Å². The van der Waals surface area contributed by atoms with Crippen LogP contribution in [0.5, 0.6) is 5.75 Å². The summed E-state index contributed by atoms with van der Waals surface area (Å²) in [4.78, 5) is 11.3. The van der Waals surface area contributed by atoms with Crippen LogP contribution in [0.4, 0.5) is 4.39 Å². The maximum Gasteiger partial charge on any atom is 0.352 e. The summed E-state index contributed by atoms with van der Waals surface area (Å²) in [6, 6.07) is 4.53. The zero-order valence-corrected chi connectivity index (χ0v) is 10.5. The van der Waals surface area contributed by atoms with Gasteiger partial charge >= 0.3 is 5.97 Å². The summed E-state index contributed by atoms with van der Waals surface area (Å²) in [5.74, 6) is -1.07. The van der Waals surface area contributed by atoms with Crippen LogP contribution in [0, 0.1) is 5.82 Å². The molecule has 4 nitrogen and oxygen atoms in total. The Morgan fingerprint density at radius 1 is 1.42 bits per heavy atom. The van der Waals surface area contributed by atoms with Crippen LogP contribution in [0.3, 0.4) is 0 Å². The number of aromatic nitrogens is 1. The number of fused-ring (bicyclic) bond motifs is 1. The number of carboxylic acids is 1. The average molecular weight is 263 g/mol. The second-order valence-electron chi connectivity index (χ2n) is 4.83. The molecular weight excluding hydrogens is 249 g/mol. The summed E-state index contributed by atoms with van der Waals surface area (Å²) in [5, 5.41) is 9.62. The van der Waals surface area contributed by atoms with Crippen LogP contribution in [0.15, 0.2) is 18.2 Å². The predicted octanol–water partition coefficient (Wildman–Crippen LogP) is 3.21. The summed E-state index contributed by atoms with van der Waals surface area (Å²) in [5.41, 5.74) is 0.741. The summed E-state index contributed by atoms with van der Waals surface area (Å²) < 4.78 is 20.8. The van der Waals surface area contributed by atoms with Crippen LogP contribution < -0.4 is 4.74 Å². The van der Waals surface area contributed by atoms with Crippen LogP contribution in [-0.2, 0) is 0 Å². The Kier molecular flexibility index (Phi) is 2.69. The lowest BCUT2D eigenvalue weighted by Crippen LogP contribution is -2.20. The maximum atomic E-state index is 14.0. The highest BCUT2D eigenvalue weighted by Crippen LogP contribution is 2.38. The number of ether oxygens (including phenoxy) is 1. The number of methoxy groups -OCH3 is 1. The Morgan fingerprint density at radius 3 is 2.68 bits per heavy atom. The van der Waals surface area contributed by atoms with Gasteiger partial charge in [0, 0.05) is 23.6 Å². The van der Waals surface area contributed by atoms with Crippen molar-refractivity contribution in [3.63, 3.8) is 0 Å². The Hall–Kier alpha value is -2.04. The fourth-order valence-electron chi connectivity index (χ4n) is 2.58. The van der Waals surface area contributed by atoms with Crippen LogP contribution >= 0.6 is 0 Å². The molecule has 2 aromatic rings. The monoisotopic (exact) mass is 263 g/mol. The molecule has 1 heterocycles. The van der Waals surface area contributed by atoms with Crippen molar-refractivity contribution in [2.45, 2.75) is 25.3 Å². The van der Waals surface area contributed by atoms with Crippen LogP contribution in [-0.4, -0.2) is 22.8 Å². The van der Waals surface area contributed by atoms with E-state index in [0.717, 1.165) is 19.3 Å². The van der Waals surface area contributed by atoms with Gasteiger partial charge in [0.15, 0.2) is 0 Å². The molecule has 1 aromatic heterocycles. The molecule has 5 heteroatoms. The lowest BCUT2D eigenvalue weighted by Gasteiger charge is -2.29. The van der Waals surface area contributed by atoms with E-state index in [2.05, 4.69) is 0 Å². The predicted molar refractivity (Wildman–Crippen MR) is 68.3 cm³/mol. The topological polar surface area (TPSA) is 51.5 Å². The molecule has 0 radical (unpaired) electrons. The molecular formula is C14H14FNO3. The molecule has 0 unspecified atom stereocenters. The van der Waals surface area contributed by atoms with Gasteiger partial charge < -0.3 is 14.4 Å². The fraction of sp³-hybridized carbons (Fsp3) is 0.357. The number of nitrogens with zero attached hydrogens (tertiary/aromatic N) is 1. The SMILES string of the molecule is COc1cc(F)c2cc(C(=O)O)n(C3CCC3)c2c1. The largest absolute Gasteiger partial charge is 0.497 e. The molecule has 100 valence electrons. The van der Waals surface area contributed by atoms with Crippen LogP contribution in [0.2, 0.25) is 0 Å². The highest BCUT2D eigenvalue weighted by molar-refractivity contribution is 5.95. The van der Waals surface area contributed by atoms with E-state index in [0.29, 0.717) is 16.7 Å². The van der Waals surface area contributed by atoms with Gasteiger partial charge in [-0.05, 0) is 25.3 Å². The second-order valence-corrected chi connectivity index (χ2v) is 4.83. The highest BCUT2D eigenvalue weighted by atomic mass is 19.1. The Labute approximate surface area is 109 Å². The molecule has 1 aliphatic rings. The molecule has 0 amide bonds. The van der Waals surface area contributed by atoms with Crippen molar-refractivity contribution in [3.05, 3.63) is 29.7 Å². The van der Waals surface area contributed by atoms with E-state index < -0.39 is 11.8 Å². The van der Waals surface area contributed by atoms with Crippen molar-refractivity contribution >= 4 is 16.9 Å². The third-order valence-electron chi connectivity index (χ3n) is 3.78. The van der Waals surface area contributed by atoms with E-state index in [1.54, 1.807) is 10.6 Å². The molecule has 1 aliphatic carbocycles. The van der Waals surface area contributed by atoms with Gasteiger partial charge in [-0.15, -0.1) is 0 Å². The van der Waals surface area contributed by atoms with Gasteiger partial charge in [0.2, 0.25) is 0 Å². The third kappa shape index (κ3) is 1.77. The zero-order chi connectivity index (χ0) is 13.6. The second kappa shape index (κ2) is 4.26. The van der Waals surface area contributed by atoms with Gasteiger partial charge in [0.05, 0.1) is 12.6 Å². The molecule has 0 saturated heterocycles.